The molecule has 1 unspecified atom stereocenters. The summed E-state index contributed by atoms with van der Waals surface area (Å²) in [6.07, 6.45) is -0.327. The Kier molecular flexibility index (Phi) is 6.63. The maximum Gasteiger partial charge on any atom is 0.413 e. The second-order valence-electron chi connectivity index (χ2n) is 10.2. The molecule has 0 saturated heterocycles. The summed E-state index contributed by atoms with van der Waals surface area (Å²) in [7, 11) is 1.26. The van der Waals surface area contributed by atoms with E-state index in [4.69, 9.17) is 19.2 Å². The summed E-state index contributed by atoms with van der Waals surface area (Å²) < 4.78 is 16.9. The minimum atomic E-state index is -1.89. The number of rotatable bonds is 6. The van der Waals surface area contributed by atoms with E-state index in [2.05, 4.69) is 5.32 Å². The van der Waals surface area contributed by atoms with Crippen molar-refractivity contribution in [1.82, 2.24) is 14.9 Å². The number of aromatic nitrogens is 2. The predicted octanol–water partition coefficient (Wildman–Crippen LogP) is 2.76. The molecule has 204 valence electrons. The van der Waals surface area contributed by atoms with E-state index in [0.717, 1.165) is 5.56 Å². The lowest BCUT2D eigenvalue weighted by Crippen LogP contribution is -2.44. The number of nitrogens with zero attached hydrogens (tertiary/aromatic N) is 2. The third kappa shape index (κ3) is 4.52. The predicted molar refractivity (Wildman–Crippen MR) is 139 cm³/mol. The third-order valence-electron chi connectivity index (χ3n) is 7.17. The van der Waals surface area contributed by atoms with E-state index < -0.39 is 29.7 Å². The number of fused-ring (bicyclic) bond motifs is 5. The van der Waals surface area contributed by atoms with E-state index in [1.165, 1.54) is 7.11 Å². The van der Waals surface area contributed by atoms with Crippen molar-refractivity contribution >= 4 is 28.9 Å². The van der Waals surface area contributed by atoms with Gasteiger partial charge in [-0.1, -0.05) is 20.8 Å². The number of ether oxygens (including phenoxy) is 3. The maximum absolute atomic E-state index is 13.3. The smallest absolute Gasteiger partial charge is 0.413 e. The standard InChI is InChI=1S/C28H29N3O8/c1-5-28(36)19-11-22-23-16(12-31(22)24(32)18(19)13-38-26(28)34)9-15-10-17(6-7-20(15)29-23)39-27(35)30-21(8-14(2)3)25(33)37-4/h6-7,9-11,14,21,36H,5,8,12-13H2,1-4H3,(H,30,35)/t21?,28-/m0/s1. The molecule has 2 N–H and O–H groups in total. The maximum atomic E-state index is 13.3. The van der Waals surface area contributed by atoms with Crippen LogP contribution < -0.4 is 15.6 Å². The highest BCUT2D eigenvalue weighted by Crippen LogP contribution is 2.38. The number of carbonyl (C=O) groups is 3. The summed E-state index contributed by atoms with van der Waals surface area (Å²) in [4.78, 5) is 54.9. The van der Waals surface area contributed by atoms with Crippen molar-refractivity contribution in [3.05, 3.63) is 57.4 Å². The van der Waals surface area contributed by atoms with E-state index in [-0.39, 0.29) is 47.9 Å². The van der Waals surface area contributed by atoms with Gasteiger partial charge in [0.1, 0.15) is 18.4 Å². The number of pyridine rings is 2. The Balaban J connectivity index is 1.45. The molecule has 0 aliphatic carbocycles. The lowest BCUT2D eigenvalue weighted by molar-refractivity contribution is -0.172. The third-order valence-corrected chi connectivity index (χ3v) is 7.17. The fourth-order valence-corrected chi connectivity index (χ4v) is 5.13. The van der Waals surface area contributed by atoms with Crippen LogP contribution in [-0.4, -0.2) is 45.8 Å². The Bertz CT molecular complexity index is 1580. The average molecular weight is 536 g/mol. The highest BCUT2D eigenvalue weighted by Gasteiger charge is 2.45. The van der Waals surface area contributed by atoms with Crippen LogP contribution in [0.2, 0.25) is 0 Å². The molecule has 1 aromatic carbocycles. The van der Waals surface area contributed by atoms with Crippen LogP contribution in [0.15, 0.2) is 35.1 Å². The van der Waals surface area contributed by atoms with Crippen LogP contribution >= 0.6 is 0 Å². The zero-order chi connectivity index (χ0) is 28.1. The number of benzene rings is 1. The lowest BCUT2D eigenvalue weighted by atomic mass is 9.86. The van der Waals surface area contributed by atoms with Gasteiger partial charge in [0.05, 0.1) is 36.1 Å². The van der Waals surface area contributed by atoms with Crippen LogP contribution in [0, 0.1) is 5.92 Å². The van der Waals surface area contributed by atoms with Crippen LogP contribution in [0.4, 0.5) is 4.79 Å². The summed E-state index contributed by atoms with van der Waals surface area (Å²) in [5.74, 6) is -0.926. The quantitative estimate of drug-likeness (QED) is 0.356. The summed E-state index contributed by atoms with van der Waals surface area (Å²) in [5, 5.41) is 14.2. The number of carbonyl (C=O) groups excluding carboxylic acids is 3. The van der Waals surface area contributed by atoms with Crippen molar-refractivity contribution in [2.75, 3.05) is 7.11 Å². The fourth-order valence-electron chi connectivity index (χ4n) is 5.13. The molecule has 2 aliphatic heterocycles. The molecule has 3 aromatic rings. The molecule has 4 heterocycles. The Morgan fingerprint density at radius 2 is 2.00 bits per heavy atom. The van der Waals surface area contributed by atoms with Gasteiger partial charge < -0.3 is 29.2 Å². The molecular formula is C28H29N3O8. The van der Waals surface area contributed by atoms with Gasteiger partial charge in [-0.2, -0.15) is 0 Å². The first kappa shape index (κ1) is 26.4. The van der Waals surface area contributed by atoms with Gasteiger partial charge in [0.2, 0.25) is 0 Å². The van der Waals surface area contributed by atoms with E-state index in [1.54, 1.807) is 35.8 Å². The lowest BCUT2D eigenvalue weighted by Gasteiger charge is -2.31. The Hall–Kier alpha value is -4.25. The fraction of sp³-hybridized carbons (Fsp3) is 0.393. The molecule has 0 bridgehead atoms. The molecular weight excluding hydrogens is 506 g/mol. The molecule has 39 heavy (non-hydrogen) atoms. The van der Waals surface area contributed by atoms with Gasteiger partial charge >= 0.3 is 18.0 Å². The molecule has 0 radical (unpaired) electrons. The number of amides is 1. The van der Waals surface area contributed by atoms with Gasteiger partial charge in [-0.3, -0.25) is 4.79 Å². The Morgan fingerprint density at radius 1 is 1.23 bits per heavy atom. The minimum Gasteiger partial charge on any atom is -0.467 e. The number of nitrogens with one attached hydrogen (secondary N) is 1. The van der Waals surface area contributed by atoms with Crippen molar-refractivity contribution < 1.29 is 33.7 Å². The molecule has 2 aliphatic rings. The summed E-state index contributed by atoms with van der Waals surface area (Å²) in [5.41, 5.74) is 0.713. The van der Waals surface area contributed by atoms with E-state index in [0.29, 0.717) is 28.7 Å². The molecule has 11 nitrogen and oxygen atoms in total. The van der Waals surface area contributed by atoms with E-state index in [1.807, 2.05) is 19.9 Å². The van der Waals surface area contributed by atoms with Gasteiger partial charge in [0, 0.05) is 16.5 Å². The van der Waals surface area contributed by atoms with Gasteiger partial charge in [0.25, 0.3) is 5.56 Å². The minimum absolute atomic E-state index is 0.0634. The van der Waals surface area contributed by atoms with Crippen LogP contribution in [0.1, 0.15) is 50.3 Å². The van der Waals surface area contributed by atoms with Gasteiger partial charge in [0.15, 0.2) is 5.60 Å². The normalized spacial score (nSPS) is 18.2. The first-order valence-corrected chi connectivity index (χ1v) is 12.7. The highest BCUT2D eigenvalue weighted by molar-refractivity contribution is 5.88. The largest absolute Gasteiger partial charge is 0.467 e. The van der Waals surface area contributed by atoms with Gasteiger partial charge in [-0.05, 0) is 49.1 Å². The first-order chi connectivity index (χ1) is 18.5. The van der Waals surface area contributed by atoms with Gasteiger partial charge in [-0.15, -0.1) is 0 Å². The Labute approximate surface area is 223 Å². The second kappa shape index (κ2) is 9.81. The topological polar surface area (TPSA) is 146 Å². The number of hydrogen-bond acceptors (Lipinski definition) is 9. The monoisotopic (exact) mass is 535 g/mol. The number of aliphatic hydroxyl groups is 1. The number of esters is 2. The molecule has 5 rings (SSSR count). The summed E-state index contributed by atoms with van der Waals surface area (Å²) in [6, 6.07) is 7.60. The molecule has 0 spiro atoms. The van der Waals surface area contributed by atoms with E-state index in [9.17, 15) is 24.3 Å². The zero-order valence-corrected chi connectivity index (χ0v) is 22.1. The summed E-state index contributed by atoms with van der Waals surface area (Å²) >= 11 is 0. The molecule has 0 fully saturated rings. The zero-order valence-electron chi connectivity index (χ0n) is 22.1. The van der Waals surface area contributed by atoms with Crippen LogP contribution in [0.5, 0.6) is 5.75 Å². The number of hydrogen-bond donors (Lipinski definition) is 2. The van der Waals surface area contributed by atoms with Crippen LogP contribution in [0.25, 0.3) is 22.3 Å². The average Bonchev–Trinajstić information content (AvgIpc) is 3.26. The van der Waals surface area contributed by atoms with E-state index >= 15 is 0 Å². The SMILES string of the molecule is CC[C@@]1(O)C(=O)OCc2c1cc1n(c2=O)Cc2cc3cc(OC(=O)NC(CC(C)C)C(=O)OC)ccc3nc2-1. The van der Waals surface area contributed by atoms with Crippen LogP contribution in [-0.2, 0) is 37.8 Å². The van der Waals surface area contributed by atoms with Crippen molar-refractivity contribution in [2.24, 2.45) is 5.92 Å². The van der Waals surface area contributed by atoms with Crippen molar-refractivity contribution in [3.63, 3.8) is 0 Å². The van der Waals surface area contributed by atoms with Crippen molar-refractivity contribution in [3.8, 4) is 17.1 Å². The highest BCUT2D eigenvalue weighted by atomic mass is 16.6. The molecule has 2 atom stereocenters. The number of cyclic esters (lactones) is 1. The van der Waals surface area contributed by atoms with Crippen molar-refractivity contribution in [1.29, 1.82) is 0 Å². The molecule has 1 amide bonds. The molecule has 11 heteroatoms. The van der Waals surface area contributed by atoms with Gasteiger partial charge in [-0.25, -0.2) is 19.4 Å². The molecule has 2 aromatic heterocycles. The molecule has 0 saturated carbocycles. The Morgan fingerprint density at radius 3 is 2.69 bits per heavy atom. The second-order valence-corrected chi connectivity index (χ2v) is 10.2. The number of methoxy groups -OCH3 is 1. The first-order valence-electron chi connectivity index (χ1n) is 12.7. The summed E-state index contributed by atoms with van der Waals surface area (Å²) in [6.45, 7) is 5.56. The van der Waals surface area contributed by atoms with Crippen molar-refractivity contribution in [2.45, 2.75) is 58.4 Å². The van der Waals surface area contributed by atoms with Crippen LogP contribution in [0.3, 0.4) is 0 Å².